The lowest BCUT2D eigenvalue weighted by Crippen LogP contribution is -2.26. The Kier molecular flexibility index (Phi) is 5.07. The molecule has 2 aromatic carbocycles. The van der Waals surface area contributed by atoms with E-state index in [1.165, 1.54) is 18.2 Å². The standard InChI is InChI=1S/C21H20N4O4/c26-20(22-15-6-5-7-16(13-15)25(28)29)14-9-10-17-18(12-14)23-19-8-3-1-2-4-11-24(19)21(17)27/h5-7,9-10,12-13H,1-4,8,11H2,(H,22,26). The van der Waals surface area contributed by atoms with Crippen molar-refractivity contribution in [1.82, 2.24) is 9.55 Å². The number of aryl methyl sites for hydroxylation is 1. The summed E-state index contributed by atoms with van der Waals surface area (Å²) in [4.78, 5) is 40.5. The van der Waals surface area contributed by atoms with Gasteiger partial charge in [-0.15, -0.1) is 0 Å². The van der Waals surface area contributed by atoms with Crippen LogP contribution in [0.25, 0.3) is 10.9 Å². The summed E-state index contributed by atoms with van der Waals surface area (Å²) in [5.41, 5.74) is 0.989. The van der Waals surface area contributed by atoms with Crippen LogP contribution < -0.4 is 10.9 Å². The van der Waals surface area contributed by atoms with E-state index in [1.807, 2.05) is 0 Å². The van der Waals surface area contributed by atoms with Crippen LogP contribution in [0.15, 0.2) is 47.3 Å². The third kappa shape index (κ3) is 3.87. The van der Waals surface area contributed by atoms with Crippen LogP contribution >= 0.6 is 0 Å². The molecule has 2 heterocycles. The fourth-order valence-electron chi connectivity index (χ4n) is 3.64. The molecule has 1 N–H and O–H groups in total. The first-order valence-electron chi connectivity index (χ1n) is 9.62. The van der Waals surface area contributed by atoms with E-state index in [1.54, 1.807) is 28.8 Å². The number of carbonyl (C=O) groups is 1. The van der Waals surface area contributed by atoms with Crippen molar-refractivity contribution in [3.05, 3.63) is 74.3 Å². The molecule has 8 heteroatoms. The molecule has 0 aliphatic carbocycles. The van der Waals surface area contributed by atoms with Crippen LogP contribution in [0.4, 0.5) is 11.4 Å². The van der Waals surface area contributed by atoms with Gasteiger partial charge in [-0.05, 0) is 37.1 Å². The molecule has 1 aromatic heterocycles. The van der Waals surface area contributed by atoms with Gasteiger partial charge in [-0.2, -0.15) is 0 Å². The number of nitro benzene ring substituents is 1. The Labute approximate surface area is 166 Å². The highest BCUT2D eigenvalue weighted by Crippen LogP contribution is 2.20. The van der Waals surface area contributed by atoms with Crippen molar-refractivity contribution < 1.29 is 9.72 Å². The molecule has 29 heavy (non-hydrogen) atoms. The summed E-state index contributed by atoms with van der Waals surface area (Å²) in [6.07, 6.45) is 4.93. The van der Waals surface area contributed by atoms with Crippen molar-refractivity contribution in [3.8, 4) is 0 Å². The molecule has 0 fully saturated rings. The van der Waals surface area contributed by atoms with Crippen molar-refractivity contribution in [2.45, 2.75) is 38.6 Å². The predicted octanol–water partition coefficient (Wildman–Crippen LogP) is 3.67. The maximum Gasteiger partial charge on any atom is 0.271 e. The minimum atomic E-state index is -0.517. The number of fused-ring (bicyclic) bond motifs is 2. The number of carbonyl (C=O) groups excluding carboxylic acids is 1. The van der Waals surface area contributed by atoms with Gasteiger partial charge in [0.1, 0.15) is 5.82 Å². The zero-order valence-corrected chi connectivity index (χ0v) is 15.8. The average Bonchev–Trinajstić information content (AvgIpc) is 2.69. The zero-order valence-electron chi connectivity index (χ0n) is 15.8. The summed E-state index contributed by atoms with van der Waals surface area (Å²) in [6, 6.07) is 10.5. The van der Waals surface area contributed by atoms with E-state index >= 15 is 0 Å². The first-order valence-corrected chi connectivity index (χ1v) is 9.62. The summed E-state index contributed by atoms with van der Waals surface area (Å²) < 4.78 is 1.75. The molecule has 0 bridgehead atoms. The van der Waals surface area contributed by atoms with E-state index < -0.39 is 10.8 Å². The lowest BCUT2D eigenvalue weighted by Gasteiger charge is -2.16. The molecule has 0 saturated carbocycles. The lowest BCUT2D eigenvalue weighted by molar-refractivity contribution is -0.384. The second kappa shape index (κ2) is 7.83. The predicted molar refractivity (Wildman–Crippen MR) is 109 cm³/mol. The summed E-state index contributed by atoms with van der Waals surface area (Å²) in [5.74, 6) is 0.347. The maximum absolute atomic E-state index is 12.9. The Hall–Kier alpha value is -3.55. The SMILES string of the molecule is O=C(Nc1cccc([N+](=O)[O-])c1)c1ccc2c(=O)n3c(nc2c1)CCCCCC3. The molecule has 0 spiro atoms. The summed E-state index contributed by atoms with van der Waals surface area (Å²) in [7, 11) is 0. The fourth-order valence-corrected chi connectivity index (χ4v) is 3.64. The highest BCUT2D eigenvalue weighted by molar-refractivity contribution is 6.06. The summed E-state index contributed by atoms with van der Waals surface area (Å²) in [6.45, 7) is 0.673. The molecule has 0 radical (unpaired) electrons. The Balaban J connectivity index is 1.67. The van der Waals surface area contributed by atoms with E-state index in [2.05, 4.69) is 10.3 Å². The highest BCUT2D eigenvalue weighted by Gasteiger charge is 2.15. The maximum atomic E-state index is 12.9. The van der Waals surface area contributed by atoms with Gasteiger partial charge in [0, 0.05) is 36.3 Å². The Morgan fingerprint density at radius 3 is 2.76 bits per heavy atom. The Bertz CT molecular complexity index is 1170. The van der Waals surface area contributed by atoms with Gasteiger partial charge in [0.05, 0.1) is 15.8 Å². The van der Waals surface area contributed by atoms with E-state index in [0.29, 0.717) is 28.7 Å². The van der Waals surface area contributed by atoms with Gasteiger partial charge >= 0.3 is 0 Å². The number of anilines is 1. The minimum Gasteiger partial charge on any atom is -0.322 e. The Morgan fingerprint density at radius 2 is 1.93 bits per heavy atom. The van der Waals surface area contributed by atoms with Gasteiger partial charge in [-0.25, -0.2) is 4.98 Å². The van der Waals surface area contributed by atoms with Crippen LogP contribution in [0.2, 0.25) is 0 Å². The van der Waals surface area contributed by atoms with E-state index in [-0.39, 0.29) is 11.2 Å². The molecule has 148 valence electrons. The van der Waals surface area contributed by atoms with Crippen LogP contribution in [-0.2, 0) is 13.0 Å². The molecule has 4 rings (SSSR count). The monoisotopic (exact) mass is 392 g/mol. The molecular weight excluding hydrogens is 372 g/mol. The van der Waals surface area contributed by atoms with Crippen molar-refractivity contribution in [3.63, 3.8) is 0 Å². The molecule has 1 aliphatic rings. The van der Waals surface area contributed by atoms with Crippen molar-refractivity contribution in [2.24, 2.45) is 0 Å². The molecule has 1 aliphatic heterocycles. The molecule has 0 unspecified atom stereocenters. The topological polar surface area (TPSA) is 107 Å². The number of benzene rings is 2. The van der Waals surface area contributed by atoms with Crippen LogP contribution in [0.1, 0.15) is 41.9 Å². The highest BCUT2D eigenvalue weighted by atomic mass is 16.6. The number of nitrogens with one attached hydrogen (secondary N) is 1. The lowest BCUT2D eigenvalue weighted by atomic mass is 10.1. The van der Waals surface area contributed by atoms with Crippen LogP contribution in [0.3, 0.4) is 0 Å². The first kappa shape index (κ1) is 18.8. The number of hydrogen-bond acceptors (Lipinski definition) is 5. The largest absolute Gasteiger partial charge is 0.322 e. The van der Waals surface area contributed by atoms with Crippen LogP contribution in [0, 0.1) is 10.1 Å². The van der Waals surface area contributed by atoms with Crippen molar-refractivity contribution >= 4 is 28.2 Å². The van der Waals surface area contributed by atoms with E-state index in [0.717, 1.165) is 37.9 Å². The molecule has 1 amide bonds. The molecule has 0 atom stereocenters. The summed E-state index contributed by atoms with van der Waals surface area (Å²) in [5, 5.41) is 14.0. The normalized spacial score (nSPS) is 13.9. The quantitative estimate of drug-likeness (QED) is 0.540. The second-order valence-electron chi connectivity index (χ2n) is 7.14. The van der Waals surface area contributed by atoms with Crippen LogP contribution in [0.5, 0.6) is 0 Å². The van der Waals surface area contributed by atoms with E-state index in [4.69, 9.17) is 0 Å². The third-order valence-corrected chi connectivity index (χ3v) is 5.14. The molecule has 8 nitrogen and oxygen atoms in total. The van der Waals surface area contributed by atoms with Gasteiger partial charge in [0.2, 0.25) is 0 Å². The van der Waals surface area contributed by atoms with Gasteiger partial charge < -0.3 is 5.32 Å². The second-order valence-corrected chi connectivity index (χ2v) is 7.14. The number of nitro groups is 1. The van der Waals surface area contributed by atoms with Crippen molar-refractivity contribution in [1.29, 1.82) is 0 Å². The number of rotatable bonds is 3. The minimum absolute atomic E-state index is 0.0717. The number of amides is 1. The molecule has 3 aromatic rings. The van der Waals surface area contributed by atoms with Gasteiger partial charge in [-0.3, -0.25) is 24.3 Å². The number of aromatic nitrogens is 2. The first-order chi connectivity index (χ1) is 14.0. The number of non-ortho nitro benzene ring substituents is 1. The van der Waals surface area contributed by atoms with E-state index in [9.17, 15) is 19.7 Å². The molecule has 0 saturated heterocycles. The summed E-state index contributed by atoms with van der Waals surface area (Å²) >= 11 is 0. The Morgan fingerprint density at radius 1 is 1.10 bits per heavy atom. The van der Waals surface area contributed by atoms with Crippen LogP contribution in [-0.4, -0.2) is 20.4 Å². The average molecular weight is 392 g/mol. The zero-order chi connectivity index (χ0) is 20.4. The van der Waals surface area contributed by atoms with Gasteiger partial charge in [-0.1, -0.05) is 18.9 Å². The molecular formula is C21H20N4O4. The van der Waals surface area contributed by atoms with Gasteiger partial charge in [0.25, 0.3) is 17.2 Å². The third-order valence-electron chi connectivity index (χ3n) is 5.14. The van der Waals surface area contributed by atoms with Crippen molar-refractivity contribution in [2.75, 3.05) is 5.32 Å². The number of nitrogens with zero attached hydrogens (tertiary/aromatic N) is 3. The fraction of sp³-hybridized carbons (Fsp3) is 0.286. The van der Waals surface area contributed by atoms with Gasteiger partial charge in [0.15, 0.2) is 0 Å². The number of hydrogen-bond donors (Lipinski definition) is 1. The smallest absolute Gasteiger partial charge is 0.271 e.